The lowest BCUT2D eigenvalue weighted by molar-refractivity contribution is -0.133. The van der Waals surface area contributed by atoms with Gasteiger partial charge in [0.1, 0.15) is 0 Å². The molecule has 0 bridgehead atoms. The Morgan fingerprint density at radius 3 is 2.92 bits per heavy atom. The summed E-state index contributed by atoms with van der Waals surface area (Å²) >= 11 is 6.13. The highest BCUT2D eigenvalue weighted by Gasteiger charge is 2.32. The van der Waals surface area contributed by atoms with E-state index >= 15 is 0 Å². The van der Waals surface area contributed by atoms with Crippen molar-refractivity contribution in [3.8, 4) is 0 Å². The van der Waals surface area contributed by atoms with Gasteiger partial charge in [-0.2, -0.15) is 0 Å². The quantitative estimate of drug-likeness (QED) is 0.848. The minimum Gasteiger partial charge on any atom is -0.336 e. The second-order valence-corrected chi connectivity index (χ2v) is 7.52. The smallest absolute Gasteiger partial charge is 0.223 e. The van der Waals surface area contributed by atoms with Gasteiger partial charge < -0.3 is 10.2 Å². The number of hydrogen-bond donors (Lipinski definition) is 1. The van der Waals surface area contributed by atoms with Crippen LogP contribution in [0.2, 0.25) is 5.02 Å². The first-order chi connectivity index (χ1) is 11.1. The minimum atomic E-state index is 0. The zero-order valence-electron chi connectivity index (χ0n) is 14.3. The molecule has 2 fully saturated rings. The Bertz CT molecular complexity index is 546. The molecule has 0 saturated carbocycles. The van der Waals surface area contributed by atoms with Crippen LogP contribution in [0.5, 0.6) is 0 Å². The topological polar surface area (TPSA) is 32.3 Å². The molecule has 3 unspecified atom stereocenters. The maximum absolute atomic E-state index is 12.8. The van der Waals surface area contributed by atoms with E-state index in [0.29, 0.717) is 24.2 Å². The third-order valence-corrected chi connectivity index (χ3v) is 5.68. The predicted octanol–water partition coefficient (Wildman–Crippen LogP) is 4.45. The van der Waals surface area contributed by atoms with Crippen LogP contribution in [0.25, 0.3) is 0 Å². The highest BCUT2D eigenvalue weighted by Crippen LogP contribution is 2.34. The fourth-order valence-corrected chi connectivity index (χ4v) is 4.25. The first kappa shape index (κ1) is 19.6. The highest BCUT2D eigenvalue weighted by molar-refractivity contribution is 6.30. The fourth-order valence-electron chi connectivity index (χ4n) is 4.05. The zero-order chi connectivity index (χ0) is 16.2. The van der Waals surface area contributed by atoms with Gasteiger partial charge in [0.05, 0.1) is 6.04 Å². The van der Waals surface area contributed by atoms with Crippen molar-refractivity contribution in [2.24, 2.45) is 11.8 Å². The number of amides is 1. The molecule has 1 amide bonds. The van der Waals surface area contributed by atoms with Crippen LogP contribution >= 0.6 is 24.0 Å². The Labute approximate surface area is 156 Å². The van der Waals surface area contributed by atoms with Crippen molar-refractivity contribution in [2.75, 3.05) is 19.6 Å². The van der Waals surface area contributed by atoms with Crippen LogP contribution in [0.1, 0.15) is 50.6 Å². The molecule has 134 valence electrons. The Morgan fingerprint density at radius 1 is 1.38 bits per heavy atom. The summed E-state index contributed by atoms with van der Waals surface area (Å²) < 4.78 is 0. The monoisotopic (exact) mass is 370 g/mol. The van der Waals surface area contributed by atoms with Crippen molar-refractivity contribution < 1.29 is 4.79 Å². The van der Waals surface area contributed by atoms with E-state index in [9.17, 15) is 4.79 Å². The van der Waals surface area contributed by atoms with Gasteiger partial charge in [0.25, 0.3) is 0 Å². The van der Waals surface area contributed by atoms with E-state index < -0.39 is 0 Å². The second-order valence-electron chi connectivity index (χ2n) is 7.09. The molecule has 5 heteroatoms. The van der Waals surface area contributed by atoms with E-state index in [1.807, 2.05) is 18.2 Å². The first-order valence-electron chi connectivity index (χ1n) is 8.91. The number of carbonyl (C=O) groups excluding carboxylic acids is 1. The molecule has 1 aromatic carbocycles. The largest absolute Gasteiger partial charge is 0.336 e. The molecular formula is C19H28Cl2N2O. The van der Waals surface area contributed by atoms with Gasteiger partial charge in [0.15, 0.2) is 0 Å². The SMILES string of the molecule is CC(CC(=O)N1CCCC1c1cccc(Cl)c1)C1CCCNC1.Cl. The number of halogens is 2. The van der Waals surface area contributed by atoms with Crippen LogP contribution in [-0.4, -0.2) is 30.4 Å². The van der Waals surface area contributed by atoms with Crippen LogP contribution in [0.4, 0.5) is 0 Å². The summed E-state index contributed by atoms with van der Waals surface area (Å²) in [7, 11) is 0. The van der Waals surface area contributed by atoms with Crippen molar-refractivity contribution in [3.05, 3.63) is 34.9 Å². The van der Waals surface area contributed by atoms with E-state index in [0.717, 1.165) is 37.5 Å². The maximum atomic E-state index is 12.8. The van der Waals surface area contributed by atoms with Gasteiger partial charge >= 0.3 is 0 Å². The molecule has 1 aromatic rings. The highest BCUT2D eigenvalue weighted by atomic mass is 35.5. The molecule has 0 spiro atoms. The Balaban J connectivity index is 0.00000208. The third-order valence-electron chi connectivity index (χ3n) is 5.44. The number of nitrogens with one attached hydrogen (secondary N) is 1. The van der Waals surface area contributed by atoms with Crippen molar-refractivity contribution >= 4 is 29.9 Å². The van der Waals surface area contributed by atoms with E-state index in [2.05, 4.69) is 23.2 Å². The molecule has 3 rings (SSSR count). The lowest BCUT2D eigenvalue weighted by Crippen LogP contribution is -2.37. The summed E-state index contributed by atoms with van der Waals surface area (Å²) in [5, 5.41) is 4.21. The third kappa shape index (κ3) is 4.65. The molecule has 2 heterocycles. The molecule has 24 heavy (non-hydrogen) atoms. The fraction of sp³-hybridized carbons (Fsp3) is 0.632. The molecule has 2 aliphatic rings. The molecule has 3 atom stereocenters. The summed E-state index contributed by atoms with van der Waals surface area (Å²) in [5.74, 6) is 1.40. The van der Waals surface area contributed by atoms with Crippen LogP contribution < -0.4 is 5.32 Å². The van der Waals surface area contributed by atoms with Gasteiger partial charge in [-0.1, -0.05) is 30.7 Å². The van der Waals surface area contributed by atoms with Crippen LogP contribution in [0.3, 0.4) is 0 Å². The van der Waals surface area contributed by atoms with E-state index in [1.165, 1.54) is 18.4 Å². The van der Waals surface area contributed by atoms with Gasteiger partial charge in [-0.15, -0.1) is 12.4 Å². The summed E-state index contributed by atoms with van der Waals surface area (Å²) in [5.41, 5.74) is 1.18. The predicted molar refractivity (Wildman–Crippen MR) is 102 cm³/mol. The minimum absolute atomic E-state index is 0. The average molecular weight is 371 g/mol. The first-order valence-corrected chi connectivity index (χ1v) is 9.28. The standard InChI is InChI=1S/C19H27ClN2O.ClH/c1-14(16-6-3-9-21-13-16)11-19(23)22-10-4-8-18(22)15-5-2-7-17(20)12-15;/h2,5,7,12,14,16,18,21H,3-4,6,8-11,13H2,1H3;1H. The molecule has 3 nitrogen and oxygen atoms in total. The average Bonchev–Trinajstić information content (AvgIpc) is 3.05. The molecule has 2 aliphatic heterocycles. The second kappa shape index (κ2) is 9.07. The molecule has 2 saturated heterocycles. The molecule has 0 aromatic heterocycles. The van der Waals surface area contributed by atoms with E-state index in [1.54, 1.807) is 0 Å². The van der Waals surface area contributed by atoms with E-state index in [-0.39, 0.29) is 18.4 Å². The number of likely N-dealkylation sites (tertiary alicyclic amines) is 1. The number of benzene rings is 1. The van der Waals surface area contributed by atoms with Crippen LogP contribution in [0.15, 0.2) is 24.3 Å². The number of carbonyl (C=O) groups is 1. The summed E-state index contributed by atoms with van der Waals surface area (Å²) in [6.07, 6.45) is 5.29. The lowest BCUT2D eigenvalue weighted by atomic mass is 9.85. The number of hydrogen-bond acceptors (Lipinski definition) is 2. The summed E-state index contributed by atoms with van der Waals surface area (Å²) in [6.45, 7) is 5.30. The van der Waals surface area contributed by atoms with Crippen molar-refractivity contribution in [1.29, 1.82) is 0 Å². The number of rotatable bonds is 4. The zero-order valence-corrected chi connectivity index (χ0v) is 15.9. The number of piperidine rings is 1. The molecular weight excluding hydrogens is 343 g/mol. The Hall–Kier alpha value is -0.770. The van der Waals surface area contributed by atoms with E-state index in [4.69, 9.17) is 11.6 Å². The van der Waals surface area contributed by atoms with Gasteiger partial charge in [-0.05, 0) is 68.3 Å². The summed E-state index contributed by atoms with van der Waals surface area (Å²) in [6, 6.07) is 8.18. The van der Waals surface area contributed by atoms with Gasteiger partial charge in [-0.3, -0.25) is 4.79 Å². The van der Waals surface area contributed by atoms with Gasteiger partial charge in [0, 0.05) is 18.0 Å². The lowest BCUT2D eigenvalue weighted by Gasteiger charge is -2.31. The number of nitrogens with zero attached hydrogens (tertiary/aromatic N) is 1. The van der Waals surface area contributed by atoms with Gasteiger partial charge in [0.2, 0.25) is 5.91 Å². The van der Waals surface area contributed by atoms with Crippen molar-refractivity contribution in [2.45, 2.75) is 45.1 Å². The Kier molecular flexibility index (Phi) is 7.39. The van der Waals surface area contributed by atoms with Gasteiger partial charge in [-0.25, -0.2) is 0 Å². The molecule has 0 aliphatic carbocycles. The summed E-state index contributed by atoms with van der Waals surface area (Å²) in [4.78, 5) is 14.9. The van der Waals surface area contributed by atoms with Crippen LogP contribution in [-0.2, 0) is 4.79 Å². The molecule has 0 radical (unpaired) electrons. The van der Waals surface area contributed by atoms with Crippen molar-refractivity contribution in [1.82, 2.24) is 10.2 Å². The maximum Gasteiger partial charge on any atom is 0.223 e. The normalized spacial score (nSPS) is 25.2. The Morgan fingerprint density at radius 2 is 2.21 bits per heavy atom. The van der Waals surface area contributed by atoms with Crippen molar-refractivity contribution in [3.63, 3.8) is 0 Å². The molecule has 1 N–H and O–H groups in total. The van der Waals surface area contributed by atoms with Crippen LogP contribution in [0, 0.1) is 11.8 Å².